The maximum atomic E-state index is 11.6. The Labute approximate surface area is 118 Å². The Morgan fingerprint density at radius 2 is 1.75 bits per heavy atom. The van der Waals surface area contributed by atoms with Gasteiger partial charge in [0, 0.05) is 24.5 Å². The fraction of sp³-hybridized carbons (Fsp3) is 0.429. The summed E-state index contributed by atoms with van der Waals surface area (Å²) >= 11 is 0. The second-order valence-electron chi connectivity index (χ2n) is 4.77. The molecule has 1 aromatic carbocycles. The number of nitrogens with zero attached hydrogens (tertiary/aromatic N) is 1. The van der Waals surface area contributed by atoms with E-state index in [1.807, 2.05) is 24.3 Å². The molecule has 1 fully saturated rings. The van der Waals surface area contributed by atoms with Gasteiger partial charge in [-0.3, -0.25) is 9.59 Å². The van der Waals surface area contributed by atoms with E-state index in [0.29, 0.717) is 0 Å². The van der Waals surface area contributed by atoms with E-state index in [1.54, 1.807) is 0 Å². The van der Waals surface area contributed by atoms with Crippen molar-refractivity contribution in [3.05, 3.63) is 24.3 Å². The Morgan fingerprint density at radius 1 is 1.10 bits per heavy atom. The third-order valence-electron chi connectivity index (χ3n) is 3.25. The lowest BCUT2D eigenvalue weighted by Gasteiger charge is -2.17. The van der Waals surface area contributed by atoms with Gasteiger partial charge in [-0.05, 0) is 37.1 Å². The number of carbonyl (C=O) groups excluding carboxylic acids is 2. The van der Waals surface area contributed by atoms with E-state index in [-0.39, 0.29) is 24.9 Å². The topological polar surface area (TPSA) is 87.5 Å². The van der Waals surface area contributed by atoms with Crippen molar-refractivity contribution in [2.75, 3.05) is 36.4 Å². The molecule has 2 rings (SSSR count). The summed E-state index contributed by atoms with van der Waals surface area (Å²) in [6.07, 6.45) is 2.47. The molecule has 6 nitrogen and oxygen atoms in total. The molecule has 108 valence electrons. The van der Waals surface area contributed by atoms with Crippen LogP contribution in [-0.2, 0) is 9.59 Å². The Kier molecular flexibility index (Phi) is 4.95. The average molecular weight is 276 g/mol. The van der Waals surface area contributed by atoms with E-state index in [4.69, 9.17) is 5.73 Å². The van der Waals surface area contributed by atoms with Crippen LogP contribution in [0, 0.1) is 0 Å². The Bertz CT molecular complexity index is 467. The fourth-order valence-electron chi connectivity index (χ4n) is 2.19. The van der Waals surface area contributed by atoms with Crippen LogP contribution in [0.25, 0.3) is 0 Å². The lowest BCUT2D eigenvalue weighted by atomic mass is 10.2. The fourth-order valence-corrected chi connectivity index (χ4v) is 2.19. The number of nitrogens with two attached hydrogens (primary N) is 1. The normalized spacial score (nSPS) is 14.2. The first kappa shape index (κ1) is 14.3. The van der Waals surface area contributed by atoms with Crippen LogP contribution in [0.3, 0.4) is 0 Å². The number of amides is 2. The molecule has 1 heterocycles. The van der Waals surface area contributed by atoms with Gasteiger partial charge in [0.25, 0.3) is 0 Å². The number of carbonyl (C=O) groups is 2. The highest BCUT2D eigenvalue weighted by atomic mass is 16.2. The SMILES string of the molecule is NCC(=O)NCC(=O)Nc1ccc(N2CCCC2)cc1. The van der Waals surface area contributed by atoms with Gasteiger partial charge in [0.1, 0.15) is 0 Å². The summed E-state index contributed by atoms with van der Waals surface area (Å²) in [6, 6.07) is 7.74. The Morgan fingerprint density at radius 3 is 2.35 bits per heavy atom. The van der Waals surface area contributed by atoms with E-state index in [1.165, 1.54) is 18.5 Å². The van der Waals surface area contributed by atoms with Crippen LogP contribution in [-0.4, -0.2) is 38.0 Å². The van der Waals surface area contributed by atoms with E-state index in [0.717, 1.165) is 18.8 Å². The van der Waals surface area contributed by atoms with Crippen LogP contribution in [0.4, 0.5) is 11.4 Å². The van der Waals surface area contributed by atoms with Gasteiger partial charge in [-0.15, -0.1) is 0 Å². The monoisotopic (exact) mass is 276 g/mol. The Balaban J connectivity index is 1.83. The van der Waals surface area contributed by atoms with Crippen LogP contribution < -0.4 is 21.3 Å². The summed E-state index contributed by atoms with van der Waals surface area (Å²) in [5.74, 6) is -0.606. The number of hydrogen-bond donors (Lipinski definition) is 3. The van der Waals surface area contributed by atoms with Crippen molar-refractivity contribution in [1.82, 2.24) is 5.32 Å². The van der Waals surface area contributed by atoms with Crippen LogP contribution >= 0.6 is 0 Å². The van der Waals surface area contributed by atoms with Crippen LogP contribution in [0.1, 0.15) is 12.8 Å². The number of hydrogen-bond acceptors (Lipinski definition) is 4. The molecular formula is C14H20N4O2. The molecule has 2 amide bonds. The van der Waals surface area contributed by atoms with Gasteiger partial charge in [0.05, 0.1) is 13.1 Å². The zero-order valence-corrected chi connectivity index (χ0v) is 11.4. The molecule has 1 aromatic rings. The average Bonchev–Trinajstić information content (AvgIpc) is 2.99. The van der Waals surface area contributed by atoms with Gasteiger partial charge in [-0.2, -0.15) is 0 Å². The molecule has 0 aliphatic carbocycles. The van der Waals surface area contributed by atoms with Crippen molar-refractivity contribution >= 4 is 23.2 Å². The lowest BCUT2D eigenvalue weighted by Crippen LogP contribution is -2.36. The van der Waals surface area contributed by atoms with Crippen molar-refractivity contribution in [2.24, 2.45) is 5.73 Å². The van der Waals surface area contributed by atoms with E-state index in [9.17, 15) is 9.59 Å². The highest BCUT2D eigenvalue weighted by Crippen LogP contribution is 2.21. The molecule has 20 heavy (non-hydrogen) atoms. The van der Waals surface area contributed by atoms with Crippen molar-refractivity contribution in [2.45, 2.75) is 12.8 Å². The molecule has 1 aliphatic rings. The largest absolute Gasteiger partial charge is 0.372 e. The molecule has 4 N–H and O–H groups in total. The second-order valence-corrected chi connectivity index (χ2v) is 4.77. The van der Waals surface area contributed by atoms with E-state index >= 15 is 0 Å². The van der Waals surface area contributed by atoms with E-state index in [2.05, 4.69) is 15.5 Å². The van der Waals surface area contributed by atoms with Crippen molar-refractivity contribution < 1.29 is 9.59 Å². The van der Waals surface area contributed by atoms with Gasteiger partial charge in [0.15, 0.2) is 0 Å². The third kappa shape index (κ3) is 3.96. The van der Waals surface area contributed by atoms with Gasteiger partial charge < -0.3 is 21.3 Å². The molecule has 0 bridgehead atoms. The number of nitrogens with one attached hydrogen (secondary N) is 2. The summed E-state index contributed by atoms with van der Waals surface area (Å²) < 4.78 is 0. The number of benzene rings is 1. The molecule has 0 saturated carbocycles. The quantitative estimate of drug-likeness (QED) is 0.722. The van der Waals surface area contributed by atoms with Crippen molar-refractivity contribution in [3.8, 4) is 0 Å². The molecule has 1 saturated heterocycles. The molecule has 0 radical (unpaired) electrons. The molecular weight excluding hydrogens is 256 g/mol. The standard InChI is InChI=1S/C14H20N4O2/c15-9-13(19)16-10-14(20)17-11-3-5-12(6-4-11)18-7-1-2-8-18/h3-6H,1-2,7-10,15H2,(H,16,19)(H,17,20). The first-order valence-electron chi connectivity index (χ1n) is 6.80. The third-order valence-corrected chi connectivity index (χ3v) is 3.25. The van der Waals surface area contributed by atoms with Gasteiger partial charge in [-0.25, -0.2) is 0 Å². The minimum Gasteiger partial charge on any atom is -0.372 e. The van der Waals surface area contributed by atoms with Crippen molar-refractivity contribution in [3.63, 3.8) is 0 Å². The van der Waals surface area contributed by atoms with Crippen LogP contribution in [0.5, 0.6) is 0 Å². The smallest absolute Gasteiger partial charge is 0.243 e. The number of rotatable bonds is 5. The summed E-state index contributed by atoms with van der Waals surface area (Å²) in [4.78, 5) is 24.9. The predicted octanol–water partition coefficient (Wildman–Crippen LogP) is 0.300. The first-order chi connectivity index (χ1) is 9.69. The lowest BCUT2D eigenvalue weighted by molar-refractivity contribution is -0.123. The van der Waals surface area contributed by atoms with Crippen LogP contribution in [0.15, 0.2) is 24.3 Å². The maximum Gasteiger partial charge on any atom is 0.243 e. The molecule has 1 aliphatic heterocycles. The zero-order chi connectivity index (χ0) is 14.4. The maximum absolute atomic E-state index is 11.6. The Hall–Kier alpha value is -2.08. The van der Waals surface area contributed by atoms with Crippen LogP contribution in [0.2, 0.25) is 0 Å². The van der Waals surface area contributed by atoms with Gasteiger partial charge in [0.2, 0.25) is 11.8 Å². The first-order valence-corrected chi connectivity index (χ1v) is 6.80. The summed E-state index contributed by atoms with van der Waals surface area (Å²) in [7, 11) is 0. The molecule has 6 heteroatoms. The minimum absolute atomic E-state index is 0.0656. The molecule has 0 aromatic heterocycles. The summed E-state index contributed by atoms with van der Waals surface area (Å²) in [5, 5.41) is 5.15. The highest BCUT2D eigenvalue weighted by molar-refractivity contribution is 5.94. The second kappa shape index (κ2) is 6.91. The molecule has 0 atom stereocenters. The zero-order valence-electron chi connectivity index (χ0n) is 11.4. The minimum atomic E-state index is -0.343. The van der Waals surface area contributed by atoms with Crippen molar-refractivity contribution in [1.29, 1.82) is 0 Å². The van der Waals surface area contributed by atoms with Gasteiger partial charge in [-0.1, -0.05) is 0 Å². The van der Waals surface area contributed by atoms with E-state index < -0.39 is 0 Å². The highest BCUT2D eigenvalue weighted by Gasteiger charge is 2.12. The summed E-state index contributed by atoms with van der Waals surface area (Å²) in [6.45, 7) is 2.01. The predicted molar refractivity (Wildman–Crippen MR) is 78.6 cm³/mol. The van der Waals surface area contributed by atoms with Gasteiger partial charge >= 0.3 is 0 Å². The molecule has 0 unspecified atom stereocenters. The molecule has 0 spiro atoms. The summed E-state index contributed by atoms with van der Waals surface area (Å²) in [5.41, 5.74) is 7.04. The number of anilines is 2.